The van der Waals surface area contributed by atoms with E-state index in [0.29, 0.717) is 28.1 Å². The maximum Gasteiger partial charge on any atom is 0.337 e. The molecule has 0 spiro atoms. The Hall–Kier alpha value is -4.52. The van der Waals surface area contributed by atoms with E-state index in [1.165, 1.54) is 19.2 Å². The lowest BCUT2D eigenvalue weighted by atomic mass is 10.1. The van der Waals surface area contributed by atoms with E-state index in [2.05, 4.69) is 0 Å². The first-order chi connectivity index (χ1) is 15.5. The standard InChI is InChI=1S/C25H18N2O5/c1-32-25(29)19-8-5-9-22(15-19)26-23(18-6-3-2-4-7-18)16-20(24(26)28)14-17-10-12-21(13-11-17)27(30)31/h2-16H,1H3/b20-14+. The molecule has 0 N–H and O–H groups in total. The molecule has 7 heteroatoms. The summed E-state index contributed by atoms with van der Waals surface area (Å²) >= 11 is 0. The first-order valence-electron chi connectivity index (χ1n) is 9.74. The van der Waals surface area contributed by atoms with Gasteiger partial charge in [-0.25, -0.2) is 4.79 Å². The third kappa shape index (κ3) is 4.04. The van der Waals surface area contributed by atoms with Gasteiger partial charge < -0.3 is 4.74 Å². The number of nitro groups is 1. The molecule has 0 fully saturated rings. The number of benzene rings is 3. The zero-order chi connectivity index (χ0) is 22.7. The van der Waals surface area contributed by atoms with Crippen LogP contribution in [0.15, 0.2) is 90.5 Å². The van der Waals surface area contributed by atoms with Crippen LogP contribution in [0.4, 0.5) is 11.4 Å². The van der Waals surface area contributed by atoms with Crippen molar-refractivity contribution in [1.82, 2.24) is 0 Å². The minimum atomic E-state index is -0.495. The number of hydrogen-bond acceptors (Lipinski definition) is 5. The Morgan fingerprint density at radius 2 is 1.72 bits per heavy atom. The third-order valence-corrected chi connectivity index (χ3v) is 5.00. The Morgan fingerprint density at radius 3 is 2.38 bits per heavy atom. The molecule has 32 heavy (non-hydrogen) atoms. The summed E-state index contributed by atoms with van der Waals surface area (Å²) in [5, 5.41) is 10.9. The number of anilines is 1. The highest BCUT2D eigenvalue weighted by atomic mass is 16.6. The Labute approximate surface area is 184 Å². The molecule has 7 nitrogen and oxygen atoms in total. The predicted octanol–water partition coefficient (Wildman–Crippen LogP) is 4.85. The molecule has 0 radical (unpaired) electrons. The van der Waals surface area contributed by atoms with Crippen LogP contribution in [0.25, 0.3) is 11.8 Å². The molecule has 0 saturated carbocycles. The Bertz CT molecular complexity index is 1260. The molecular weight excluding hydrogens is 408 g/mol. The van der Waals surface area contributed by atoms with Crippen LogP contribution in [0.5, 0.6) is 0 Å². The summed E-state index contributed by atoms with van der Waals surface area (Å²) in [6.07, 6.45) is 3.45. The fourth-order valence-electron chi connectivity index (χ4n) is 3.45. The van der Waals surface area contributed by atoms with Crippen LogP contribution in [-0.2, 0) is 9.53 Å². The van der Waals surface area contributed by atoms with Crippen molar-refractivity contribution in [3.05, 3.63) is 117 Å². The van der Waals surface area contributed by atoms with E-state index in [1.54, 1.807) is 53.5 Å². The molecule has 0 bridgehead atoms. The van der Waals surface area contributed by atoms with Gasteiger partial charge in [0.15, 0.2) is 0 Å². The first kappa shape index (κ1) is 20.7. The molecule has 158 valence electrons. The van der Waals surface area contributed by atoms with E-state index >= 15 is 0 Å². The van der Waals surface area contributed by atoms with Crippen LogP contribution in [-0.4, -0.2) is 23.9 Å². The minimum Gasteiger partial charge on any atom is -0.465 e. The van der Waals surface area contributed by atoms with Crippen LogP contribution in [0.2, 0.25) is 0 Å². The Balaban J connectivity index is 1.78. The van der Waals surface area contributed by atoms with Gasteiger partial charge in [-0.2, -0.15) is 0 Å². The number of nitro benzene ring substituents is 1. The van der Waals surface area contributed by atoms with Gasteiger partial charge in [0, 0.05) is 17.7 Å². The average molecular weight is 426 g/mol. The molecule has 0 atom stereocenters. The number of nitrogens with zero attached hydrogens (tertiary/aromatic N) is 2. The van der Waals surface area contributed by atoms with Gasteiger partial charge in [0.25, 0.3) is 11.6 Å². The minimum absolute atomic E-state index is 0.0216. The number of rotatable bonds is 5. The van der Waals surface area contributed by atoms with E-state index < -0.39 is 10.9 Å². The van der Waals surface area contributed by atoms with Crippen molar-refractivity contribution in [2.45, 2.75) is 0 Å². The third-order valence-electron chi connectivity index (χ3n) is 5.00. The largest absolute Gasteiger partial charge is 0.465 e. The van der Waals surface area contributed by atoms with Crippen molar-refractivity contribution in [2.24, 2.45) is 0 Å². The zero-order valence-corrected chi connectivity index (χ0v) is 17.1. The predicted molar refractivity (Wildman–Crippen MR) is 121 cm³/mol. The maximum atomic E-state index is 13.4. The average Bonchev–Trinajstić information content (AvgIpc) is 3.15. The molecule has 1 aliphatic heterocycles. The van der Waals surface area contributed by atoms with E-state index in [9.17, 15) is 19.7 Å². The van der Waals surface area contributed by atoms with Crippen molar-refractivity contribution in [2.75, 3.05) is 12.0 Å². The van der Waals surface area contributed by atoms with Crippen LogP contribution >= 0.6 is 0 Å². The first-order valence-corrected chi connectivity index (χ1v) is 9.74. The molecule has 0 unspecified atom stereocenters. The second-order valence-corrected chi connectivity index (χ2v) is 7.03. The van der Waals surface area contributed by atoms with Gasteiger partial charge in [0.05, 0.1) is 29.0 Å². The van der Waals surface area contributed by atoms with E-state index in [1.807, 2.05) is 30.3 Å². The number of carbonyl (C=O) groups is 2. The number of carbonyl (C=O) groups excluding carboxylic acids is 2. The topological polar surface area (TPSA) is 89.8 Å². The fraction of sp³-hybridized carbons (Fsp3) is 0.0400. The van der Waals surface area contributed by atoms with Gasteiger partial charge in [0.1, 0.15) is 0 Å². The highest BCUT2D eigenvalue weighted by Gasteiger charge is 2.30. The summed E-state index contributed by atoms with van der Waals surface area (Å²) in [5.74, 6) is -0.769. The van der Waals surface area contributed by atoms with Crippen molar-refractivity contribution < 1.29 is 19.2 Å². The molecule has 3 aromatic rings. The van der Waals surface area contributed by atoms with E-state index in [4.69, 9.17) is 4.74 Å². The second kappa shape index (κ2) is 8.69. The smallest absolute Gasteiger partial charge is 0.337 e. The number of methoxy groups -OCH3 is 1. The van der Waals surface area contributed by atoms with Crippen LogP contribution in [0.3, 0.4) is 0 Å². The van der Waals surface area contributed by atoms with Gasteiger partial charge in [-0.1, -0.05) is 36.4 Å². The fourth-order valence-corrected chi connectivity index (χ4v) is 3.45. The molecule has 0 saturated heterocycles. The SMILES string of the molecule is COC(=O)c1cccc(N2C(=O)/C(=C/c3ccc([N+](=O)[O-])cc3)C=C2c2ccccc2)c1. The lowest BCUT2D eigenvalue weighted by molar-refractivity contribution is -0.384. The summed E-state index contributed by atoms with van der Waals surface area (Å²) in [6.45, 7) is 0. The van der Waals surface area contributed by atoms with Crippen molar-refractivity contribution >= 4 is 35.0 Å². The summed E-state index contributed by atoms with van der Waals surface area (Å²) in [6, 6.07) is 22.1. The quantitative estimate of drug-likeness (QED) is 0.252. The highest BCUT2D eigenvalue weighted by molar-refractivity contribution is 6.23. The van der Waals surface area contributed by atoms with Crippen molar-refractivity contribution in [3.8, 4) is 0 Å². The molecule has 3 aromatic carbocycles. The number of amides is 1. The molecule has 1 heterocycles. The summed E-state index contributed by atoms with van der Waals surface area (Å²) in [5.41, 5.74) is 3.40. The lowest BCUT2D eigenvalue weighted by Gasteiger charge is -2.21. The molecule has 4 rings (SSSR count). The zero-order valence-electron chi connectivity index (χ0n) is 17.1. The number of hydrogen-bond donors (Lipinski definition) is 0. The number of ether oxygens (including phenoxy) is 1. The molecule has 0 aromatic heterocycles. The molecule has 1 amide bonds. The number of non-ortho nitro benzene ring substituents is 1. The summed E-state index contributed by atoms with van der Waals surface area (Å²) in [7, 11) is 1.30. The lowest BCUT2D eigenvalue weighted by Crippen LogP contribution is -2.25. The van der Waals surface area contributed by atoms with E-state index in [-0.39, 0.29) is 11.6 Å². The van der Waals surface area contributed by atoms with Crippen LogP contribution in [0.1, 0.15) is 21.5 Å². The monoisotopic (exact) mass is 426 g/mol. The summed E-state index contributed by atoms with van der Waals surface area (Å²) < 4.78 is 4.80. The normalized spacial score (nSPS) is 14.4. The second-order valence-electron chi connectivity index (χ2n) is 7.03. The van der Waals surface area contributed by atoms with Gasteiger partial charge in [-0.05, 0) is 53.6 Å². The highest BCUT2D eigenvalue weighted by Crippen LogP contribution is 2.35. The summed E-state index contributed by atoms with van der Waals surface area (Å²) in [4.78, 5) is 37.4. The van der Waals surface area contributed by atoms with Gasteiger partial charge in [0.2, 0.25) is 0 Å². The van der Waals surface area contributed by atoms with Gasteiger partial charge in [-0.3, -0.25) is 19.8 Å². The van der Waals surface area contributed by atoms with Crippen LogP contribution < -0.4 is 4.90 Å². The molecule has 1 aliphatic rings. The van der Waals surface area contributed by atoms with Crippen molar-refractivity contribution in [3.63, 3.8) is 0 Å². The van der Waals surface area contributed by atoms with Crippen LogP contribution in [0, 0.1) is 10.1 Å². The Morgan fingerprint density at radius 1 is 1.00 bits per heavy atom. The van der Waals surface area contributed by atoms with Crippen molar-refractivity contribution in [1.29, 1.82) is 0 Å². The maximum absolute atomic E-state index is 13.4. The molecule has 0 aliphatic carbocycles. The van der Waals surface area contributed by atoms with E-state index in [0.717, 1.165) is 5.56 Å². The van der Waals surface area contributed by atoms with Gasteiger partial charge in [-0.15, -0.1) is 0 Å². The number of esters is 1. The Kier molecular flexibility index (Phi) is 5.63. The molecular formula is C25H18N2O5. The van der Waals surface area contributed by atoms with Gasteiger partial charge >= 0.3 is 5.97 Å².